The van der Waals surface area contributed by atoms with Gasteiger partial charge in [0, 0.05) is 24.8 Å². The second kappa shape index (κ2) is 6.90. The molecule has 0 spiro atoms. The van der Waals surface area contributed by atoms with E-state index in [0.717, 1.165) is 11.0 Å². The molecule has 1 amide bonds. The molecule has 0 fully saturated rings. The van der Waals surface area contributed by atoms with E-state index in [1.165, 1.54) is 10.6 Å². The first-order valence-corrected chi connectivity index (χ1v) is 8.12. The highest BCUT2D eigenvalue weighted by atomic mass is 35.5. The predicted molar refractivity (Wildman–Crippen MR) is 102 cm³/mol. The Morgan fingerprint density at radius 3 is 2.58 bits per heavy atom. The van der Waals surface area contributed by atoms with Gasteiger partial charge < -0.3 is 5.32 Å². The van der Waals surface area contributed by atoms with Crippen molar-refractivity contribution in [2.45, 2.75) is 0 Å². The van der Waals surface area contributed by atoms with Gasteiger partial charge in [-0.15, -0.1) is 0 Å². The summed E-state index contributed by atoms with van der Waals surface area (Å²) in [6.07, 6.45) is 1.48. The third-order valence-corrected chi connectivity index (χ3v) is 4.29. The number of carbonyl (C=O) groups excluding carboxylic acids is 1. The van der Waals surface area contributed by atoms with E-state index in [9.17, 15) is 14.9 Å². The molecule has 1 heterocycles. The van der Waals surface area contributed by atoms with Gasteiger partial charge in [0.25, 0.3) is 5.91 Å². The van der Waals surface area contributed by atoms with E-state index in [4.69, 9.17) is 11.6 Å². The molecule has 7 heteroatoms. The molecule has 26 heavy (non-hydrogen) atoms. The molecule has 0 unspecified atom stereocenters. The second-order valence-corrected chi connectivity index (χ2v) is 6.22. The Hall–Kier alpha value is -3.30. The van der Waals surface area contributed by atoms with Crippen LogP contribution >= 0.6 is 11.6 Å². The lowest BCUT2D eigenvalue weighted by molar-refractivity contribution is -0.112. The Labute approximate surface area is 154 Å². The monoisotopic (exact) mass is 366 g/mol. The maximum absolute atomic E-state index is 12.3. The first-order chi connectivity index (χ1) is 12.4. The summed E-state index contributed by atoms with van der Waals surface area (Å²) in [5, 5.41) is 12.5. The zero-order chi connectivity index (χ0) is 18.8. The van der Waals surface area contributed by atoms with Crippen LogP contribution in [0.4, 0.5) is 5.69 Å². The van der Waals surface area contributed by atoms with E-state index in [1.54, 1.807) is 61.1 Å². The summed E-state index contributed by atoms with van der Waals surface area (Å²) in [6, 6.07) is 13.9. The SMILES string of the molecule is Cn1c(=O)n(C)c2cc(/C=C(\C#N)C(=O)Nc3cccc(Cl)c3)ccc21. The third kappa shape index (κ3) is 3.25. The minimum absolute atomic E-state index is 0.0507. The average Bonchev–Trinajstić information content (AvgIpc) is 2.83. The fourth-order valence-electron chi connectivity index (χ4n) is 2.69. The molecule has 0 saturated heterocycles. The van der Waals surface area contributed by atoms with Gasteiger partial charge in [0.1, 0.15) is 11.6 Å². The van der Waals surface area contributed by atoms with Crippen molar-refractivity contribution in [1.82, 2.24) is 9.13 Å². The van der Waals surface area contributed by atoms with Crippen LogP contribution in [0, 0.1) is 11.3 Å². The summed E-state index contributed by atoms with van der Waals surface area (Å²) in [5.74, 6) is -0.531. The van der Waals surface area contributed by atoms with Crippen LogP contribution in [0.15, 0.2) is 52.8 Å². The van der Waals surface area contributed by atoms with Gasteiger partial charge in [-0.25, -0.2) is 4.79 Å². The van der Waals surface area contributed by atoms with Crippen molar-refractivity contribution in [1.29, 1.82) is 5.26 Å². The lowest BCUT2D eigenvalue weighted by Crippen LogP contribution is -2.19. The molecular formula is C19H15ClN4O2. The molecule has 1 N–H and O–H groups in total. The van der Waals surface area contributed by atoms with Gasteiger partial charge in [0.15, 0.2) is 0 Å². The van der Waals surface area contributed by atoms with Crippen LogP contribution in [0.25, 0.3) is 17.1 Å². The van der Waals surface area contributed by atoms with E-state index in [-0.39, 0.29) is 11.3 Å². The fourth-order valence-corrected chi connectivity index (χ4v) is 2.88. The summed E-state index contributed by atoms with van der Waals surface area (Å²) in [6.45, 7) is 0. The van der Waals surface area contributed by atoms with Crippen LogP contribution in [0.1, 0.15) is 5.56 Å². The zero-order valence-corrected chi connectivity index (χ0v) is 14.9. The number of amides is 1. The van der Waals surface area contributed by atoms with Crippen molar-refractivity contribution in [2.75, 3.05) is 5.32 Å². The number of anilines is 1. The summed E-state index contributed by atoms with van der Waals surface area (Å²) < 4.78 is 3.06. The van der Waals surface area contributed by atoms with Crippen molar-refractivity contribution >= 4 is 40.3 Å². The Bertz CT molecular complexity index is 1150. The quantitative estimate of drug-likeness (QED) is 0.571. The first kappa shape index (κ1) is 17.5. The summed E-state index contributed by atoms with van der Waals surface area (Å²) in [5.41, 5.74) is 2.46. The Morgan fingerprint density at radius 2 is 1.88 bits per heavy atom. The molecule has 3 aromatic rings. The van der Waals surface area contributed by atoms with Crippen LogP contribution in [-0.2, 0) is 18.9 Å². The highest BCUT2D eigenvalue weighted by Crippen LogP contribution is 2.18. The summed E-state index contributed by atoms with van der Waals surface area (Å²) in [4.78, 5) is 24.3. The number of rotatable bonds is 3. The molecule has 3 rings (SSSR count). The number of hydrogen-bond donors (Lipinski definition) is 1. The van der Waals surface area contributed by atoms with E-state index in [1.807, 2.05) is 6.07 Å². The van der Waals surface area contributed by atoms with Crippen molar-refractivity contribution in [3.63, 3.8) is 0 Å². The van der Waals surface area contributed by atoms with Crippen molar-refractivity contribution < 1.29 is 4.79 Å². The van der Waals surface area contributed by atoms with Crippen molar-refractivity contribution in [2.24, 2.45) is 14.1 Å². The number of benzene rings is 2. The van der Waals surface area contributed by atoms with Crippen LogP contribution in [0.2, 0.25) is 5.02 Å². The normalized spacial score (nSPS) is 11.4. The Balaban J connectivity index is 1.95. The number of aryl methyl sites for hydroxylation is 2. The number of imidazole rings is 1. The molecule has 0 radical (unpaired) electrons. The summed E-state index contributed by atoms with van der Waals surface area (Å²) in [7, 11) is 3.37. The number of nitrogens with one attached hydrogen (secondary N) is 1. The molecule has 6 nitrogen and oxygen atoms in total. The van der Waals surface area contributed by atoms with Gasteiger partial charge in [-0.05, 0) is 42.0 Å². The number of hydrogen-bond acceptors (Lipinski definition) is 3. The standard InChI is InChI=1S/C19H15ClN4O2/c1-23-16-7-6-12(9-17(16)24(2)19(23)26)8-13(11-21)18(25)22-15-5-3-4-14(20)10-15/h3-10H,1-2H3,(H,22,25)/b13-8+. The van der Waals surface area contributed by atoms with Gasteiger partial charge in [-0.2, -0.15) is 5.26 Å². The number of fused-ring (bicyclic) bond motifs is 1. The Kier molecular flexibility index (Phi) is 4.65. The zero-order valence-electron chi connectivity index (χ0n) is 14.2. The van der Waals surface area contributed by atoms with E-state index in [0.29, 0.717) is 16.3 Å². The maximum Gasteiger partial charge on any atom is 0.328 e. The van der Waals surface area contributed by atoms with Crippen LogP contribution in [0.5, 0.6) is 0 Å². The molecule has 0 aliphatic heterocycles. The molecule has 0 saturated carbocycles. The number of halogens is 1. The topological polar surface area (TPSA) is 79.8 Å². The van der Waals surface area contributed by atoms with Crippen molar-refractivity contribution in [3.05, 3.63) is 69.1 Å². The molecule has 130 valence electrons. The Morgan fingerprint density at radius 1 is 1.15 bits per heavy atom. The molecule has 0 aliphatic rings. The van der Waals surface area contributed by atoms with Gasteiger partial charge in [0.2, 0.25) is 0 Å². The van der Waals surface area contributed by atoms with E-state index in [2.05, 4.69) is 5.32 Å². The minimum Gasteiger partial charge on any atom is -0.321 e. The number of nitrogens with zero attached hydrogens (tertiary/aromatic N) is 3. The average molecular weight is 367 g/mol. The van der Waals surface area contributed by atoms with E-state index < -0.39 is 5.91 Å². The molecule has 2 aromatic carbocycles. The largest absolute Gasteiger partial charge is 0.328 e. The molecule has 1 aromatic heterocycles. The lowest BCUT2D eigenvalue weighted by atomic mass is 10.1. The maximum atomic E-state index is 12.3. The summed E-state index contributed by atoms with van der Waals surface area (Å²) >= 11 is 5.90. The highest BCUT2D eigenvalue weighted by Gasteiger charge is 2.12. The van der Waals surface area contributed by atoms with Gasteiger partial charge >= 0.3 is 5.69 Å². The van der Waals surface area contributed by atoms with Crippen molar-refractivity contribution in [3.8, 4) is 6.07 Å². The van der Waals surface area contributed by atoms with Gasteiger partial charge in [-0.1, -0.05) is 23.7 Å². The van der Waals surface area contributed by atoms with Crippen LogP contribution in [-0.4, -0.2) is 15.0 Å². The lowest BCUT2D eigenvalue weighted by Gasteiger charge is -2.05. The molecule has 0 aliphatic carbocycles. The van der Waals surface area contributed by atoms with Gasteiger partial charge in [-0.3, -0.25) is 13.9 Å². The fraction of sp³-hybridized carbons (Fsp3) is 0.105. The number of aromatic nitrogens is 2. The predicted octanol–water partition coefficient (Wildman–Crippen LogP) is 3.08. The number of carbonyl (C=O) groups is 1. The van der Waals surface area contributed by atoms with E-state index >= 15 is 0 Å². The van der Waals surface area contributed by atoms with Crippen LogP contribution < -0.4 is 11.0 Å². The molecule has 0 bridgehead atoms. The third-order valence-electron chi connectivity index (χ3n) is 4.05. The second-order valence-electron chi connectivity index (χ2n) is 5.78. The smallest absolute Gasteiger partial charge is 0.321 e. The minimum atomic E-state index is -0.531. The first-order valence-electron chi connectivity index (χ1n) is 7.75. The highest BCUT2D eigenvalue weighted by molar-refractivity contribution is 6.31. The molecule has 0 atom stereocenters. The molecular weight excluding hydrogens is 352 g/mol. The van der Waals surface area contributed by atoms with Crippen LogP contribution in [0.3, 0.4) is 0 Å². The number of nitriles is 1. The van der Waals surface area contributed by atoms with Gasteiger partial charge in [0.05, 0.1) is 11.0 Å².